The van der Waals surface area contributed by atoms with Crippen LogP contribution in [0.25, 0.3) is 16.9 Å². The summed E-state index contributed by atoms with van der Waals surface area (Å²) in [5.74, 6) is 0. The molecule has 2 N–H and O–H groups in total. The number of sulfonamides is 1. The Balaban J connectivity index is 1.98. The van der Waals surface area contributed by atoms with Crippen LogP contribution in [-0.2, 0) is 16.2 Å². The molecule has 0 radical (unpaired) electrons. The summed E-state index contributed by atoms with van der Waals surface area (Å²) >= 11 is 0. The van der Waals surface area contributed by atoms with E-state index in [1.165, 1.54) is 24.3 Å². The van der Waals surface area contributed by atoms with Gasteiger partial charge in [0.2, 0.25) is 10.0 Å². The zero-order valence-electron chi connectivity index (χ0n) is 12.7. The Morgan fingerprint density at radius 3 is 2.00 bits per heavy atom. The van der Waals surface area contributed by atoms with Crippen LogP contribution in [0.5, 0.6) is 0 Å². The summed E-state index contributed by atoms with van der Waals surface area (Å²) in [4.78, 5) is -0.0103. The van der Waals surface area contributed by atoms with Crippen LogP contribution in [0.1, 0.15) is 5.56 Å². The monoisotopic (exact) mass is 366 g/mol. The van der Waals surface area contributed by atoms with Crippen LogP contribution in [0.4, 0.5) is 13.2 Å². The number of nitrogens with zero attached hydrogens (tertiary/aromatic N) is 1. The first-order valence-corrected chi connectivity index (χ1v) is 8.69. The smallest absolute Gasteiger partial charge is 0.317 e. The number of rotatable bonds is 3. The predicted molar refractivity (Wildman–Crippen MR) is 87.6 cm³/mol. The fraction of sp³-hybridized carbons (Fsp3) is 0.0588. The molecule has 25 heavy (non-hydrogen) atoms. The van der Waals surface area contributed by atoms with Gasteiger partial charge in [-0.1, -0.05) is 12.1 Å². The molecule has 0 aliphatic heterocycles. The van der Waals surface area contributed by atoms with E-state index in [1.54, 1.807) is 35.0 Å². The lowest BCUT2D eigenvalue weighted by Gasteiger charge is -2.12. The lowest BCUT2D eigenvalue weighted by atomic mass is 10.1. The molecule has 0 saturated heterocycles. The van der Waals surface area contributed by atoms with Gasteiger partial charge in [-0.15, -0.1) is 0 Å². The number of primary sulfonamides is 1. The highest BCUT2D eigenvalue weighted by Crippen LogP contribution is 2.31. The van der Waals surface area contributed by atoms with Gasteiger partial charge in [-0.05, 0) is 54.1 Å². The standard InChI is InChI=1S/C17H13F3N2O2S/c18-17(19,20)13-5-7-14(8-6-13)22-11-1-2-16(22)12-3-9-15(10-4-12)25(21,23)24/h1-11H,(H2,21,23,24). The van der Waals surface area contributed by atoms with Gasteiger partial charge in [-0.2, -0.15) is 13.2 Å². The van der Waals surface area contributed by atoms with E-state index in [-0.39, 0.29) is 4.90 Å². The SMILES string of the molecule is NS(=O)(=O)c1ccc(-c2cccn2-c2ccc(C(F)(F)F)cc2)cc1. The Morgan fingerprint density at radius 2 is 1.48 bits per heavy atom. The van der Waals surface area contributed by atoms with Crippen molar-refractivity contribution < 1.29 is 21.6 Å². The molecule has 0 aliphatic rings. The van der Waals surface area contributed by atoms with Gasteiger partial charge in [0.05, 0.1) is 16.2 Å². The molecule has 0 amide bonds. The lowest BCUT2D eigenvalue weighted by molar-refractivity contribution is -0.137. The van der Waals surface area contributed by atoms with Crippen LogP contribution < -0.4 is 5.14 Å². The summed E-state index contributed by atoms with van der Waals surface area (Å²) in [6.45, 7) is 0. The highest BCUT2D eigenvalue weighted by atomic mass is 32.2. The van der Waals surface area contributed by atoms with Gasteiger partial charge in [0.1, 0.15) is 0 Å². The van der Waals surface area contributed by atoms with Crippen LogP contribution >= 0.6 is 0 Å². The Morgan fingerprint density at radius 1 is 0.880 bits per heavy atom. The third-order valence-corrected chi connectivity index (χ3v) is 4.63. The number of aromatic nitrogens is 1. The molecule has 1 aromatic heterocycles. The number of hydrogen-bond acceptors (Lipinski definition) is 2. The summed E-state index contributed by atoms with van der Waals surface area (Å²) in [6, 6.07) is 14.3. The van der Waals surface area contributed by atoms with Crippen molar-refractivity contribution in [2.24, 2.45) is 5.14 Å². The number of halogens is 3. The average molecular weight is 366 g/mol. The van der Waals surface area contributed by atoms with Crippen LogP contribution in [0.2, 0.25) is 0 Å². The molecule has 3 aromatic rings. The van der Waals surface area contributed by atoms with Crippen molar-refractivity contribution in [1.82, 2.24) is 4.57 Å². The van der Waals surface area contributed by atoms with Gasteiger partial charge in [-0.3, -0.25) is 0 Å². The van der Waals surface area contributed by atoms with E-state index in [9.17, 15) is 21.6 Å². The molecule has 0 unspecified atom stereocenters. The van der Waals surface area contributed by atoms with E-state index in [4.69, 9.17) is 5.14 Å². The second-order valence-electron chi connectivity index (χ2n) is 5.38. The van der Waals surface area contributed by atoms with Gasteiger partial charge < -0.3 is 4.57 Å². The zero-order chi connectivity index (χ0) is 18.2. The summed E-state index contributed by atoms with van der Waals surface area (Å²) < 4.78 is 62.4. The molecule has 0 bridgehead atoms. The lowest BCUT2D eigenvalue weighted by Crippen LogP contribution is -2.11. The van der Waals surface area contributed by atoms with Crippen LogP contribution in [0, 0.1) is 0 Å². The van der Waals surface area contributed by atoms with E-state index in [0.29, 0.717) is 16.9 Å². The number of nitrogens with two attached hydrogens (primary N) is 1. The van der Waals surface area contributed by atoms with Crippen LogP contribution in [-0.4, -0.2) is 13.0 Å². The van der Waals surface area contributed by atoms with Crippen molar-refractivity contribution in [3.8, 4) is 16.9 Å². The van der Waals surface area contributed by atoms with E-state index in [0.717, 1.165) is 12.1 Å². The largest absolute Gasteiger partial charge is 0.416 e. The number of benzene rings is 2. The second-order valence-corrected chi connectivity index (χ2v) is 6.94. The Bertz CT molecular complexity index is 990. The highest BCUT2D eigenvalue weighted by Gasteiger charge is 2.30. The fourth-order valence-corrected chi connectivity index (χ4v) is 2.98. The molecule has 0 atom stereocenters. The Labute approximate surface area is 142 Å². The molecule has 0 spiro atoms. The second kappa shape index (κ2) is 6.05. The first-order valence-electron chi connectivity index (χ1n) is 7.14. The number of alkyl halides is 3. The van der Waals surface area contributed by atoms with Gasteiger partial charge in [0.25, 0.3) is 0 Å². The average Bonchev–Trinajstić information content (AvgIpc) is 3.03. The number of hydrogen-bond donors (Lipinski definition) is 1. The zero-order valence-corrected chi connectivity index (χ0v) is 13.6. The van der Waals surface area contributed by atoms with Crippen molar-refractivity contribution in [2.45, 2.75) is 11.1 Å². The van der Waals surface area contributed by atoms with Crippen molar-refractivity contribution in [3.63, 3.8) is 0 Å². The van der Waals surface area contributed by atoms with Gasteiger partial charge in [0.15, 0.2) is 0 Å². The predicted octanol–water partition coefficient (Wildman–Crippen LogP) is 3.81. The fourth-order valence-electron chi connectivity index (χ4n) is 2.47. The highest BCUT2D eigenvalue weighted by molar-refractivity contribution is 7.89. The Kier molecular flexibility index (Phi) is 4.18. The molecule has 2 aromatic carbocycles. The summed E-state index contributed by atoms with van der Waals surface area (Å²) in [5.41, 5.74) is 1.25. The van der Waals surface area contributed by atoms with Crippen molar-refractivity contribution in [3.05, 3.63) is 72.4 Å². The maximum absolute atomic E-state index is 12.7. The minimum Gasteiger partial charge on any atom is -0.317 e. The minimum absolute atomic E-state index is 0.0103. The summed E-state index contributed by atoms with van der Waals surface area (Å²) in [6.07, 6.45) is -2.67. The quantitative estimate of drug-likeness (QED) is 0.766. The van der Waals surface area contributed by atoms with Gasteiger partial charge >= 0.3 is 6.18 Å². The maximum Gasteiger partial charge on any atom is 0.416 e. The molecule has 130 valence electrons. The molecule has 0 aliphatic carbocycles. The Hall–Kier alpha value is -2.58. The molecule has 1 heterocycles. The maximum atomic E-state index is 12.7. The molecule has 4 nitrogen and oxygen atoms in total. The first kappa shape index (κ1) is 17.2. The third-order valence-electron chi connectivity index (χ3n) is 3.70. The molecule has 3 rings (SSSR count). The molecule has 8 heteroatoms. The van der Waals surface area contributed by atoms with Gasteiger partial charge in [0, 0.05) is 11.9 Å². The van der Waals surface area contributed by atoms with E-state index in [2.05, 4.69) is 0 Å². The van der Waals surface area contributed by atoms with Crippen LogP contribution in [0.3, 0.4) is 0 Å². The normalized spacial score (nSPS) is 12.3. The van der Waals surface area contributed by atoms with Gasteiger partial charge in [-0.25, -0.2) is 13.6 Å². The molecule has 0 fully saturated rings. The minimum atomic E-state index is -4.39. The van der Waals surface area contributed by atoms with Crippen molar-refractivity contribution in [1.29, 1.82) is 0 Å². The molecular formula is C17H13F3N2O2S. The van der Waals surface area contributed by atoms with E-state index >= 15 is 0 Å². The summed E-state index contributed by atoms with van der Waals surface area (Å²) in [5, 5.41) is 5.07. The van der Waals surface area contributed by atoms with Crippen molar-refractivity contribution >= 4 is 10.0 Å². The topological polar surface area (TPSA) is 65.1 Å². The summed E-state index contributed by atoms with van der Waals surface area (Å²) in [7, 11) is -3.78. The van der Waals surface area contributed by atoms with E-state index < -0.39 is 21.8 Å². The molecule has 0 saturated carbocycles. The third kappa shape index (κ3) is 3.59. The van der Waals surface area contributed by atoms with E-state index in [1.807, 2.05) is 0 Å². The molecular weight excluding hydrogens is 353 g/mol. The first-order chi connectivity index (χ1) is 11.7. The van der Waals surface area contributed by atoms with Crippen LogP contribution in [0.15, 0.2) is 71.8 Å². The van der Waals surface area contributed by atoms with Crippen molar-refractivity contribution in [2.75, 3.05) is 0 Å².